The zero-order chi connectivity index (χ0) is 14.5. The minimum Gasteiger partial charge on any atom is -0.340 e. The van der Waals surface area contributed by atoms with Crippen LogP contribution >= 0.6 is 22.7 Å². The van der Waals surface area contributed by atoms with Crippen molar-refractivity contribution in [3.05, 3.63) is 44.8 Å². The van der Waals surface area contributed by atoms with Crippen LogP contribution in [0.2, 0.25) is 0 Å². The molecule has 0 aromatic carbocycles. The summed E-state index contributed by atoms with van der Waals surface area (Å²) in [5, 5.41) is 4.20. The Bertz CT molecular complexity index is 543. The Hall–Kier alpha value is -1.17. The van der Waals surface area contributed by atoms with Gasteiger partial charge < -0.3 is 4.90 Å². The quantitative estimate of drug-likeness (QED) is 0.845. The Labute approximate surface area is 133 Å². The number of piperazine rings is 1. The van der Waals surface area contributed by atoms with Crippen molar-refractivity contribution < 1.29 is 4.79 Å². The minimum atomic E-state index is 0.305. The number of thiophene rings is 2. The zero-order valence-electron chi connectivity index (χ0n) is 12.0. The monoisotopic (exact) mass is 320 g/mol. The van der Waals surface area contributed by atoms with E-state index in [0.29, 0.717) is 12.3 Å². The summed E-state index contributed by atoms with van der Waals surface area (Å²) in [5.74, 6) is 0.305. The molecule has 0 spiro atoms. The molecule has 0 N–H and O–H groups in total. The van der Waals surface area contributed by atoms with Gasteiger partial charge in [-0.2, -0.15) is 0 Å². The van der Waals surface area contributed by atoms with Gasteiger partial charge in [-0.15, -0.1) is 22.7 Å². The summed E-state index contributed by atoms with van der Waals surface area (Å²) < 4.78 is 0. The number of carbonyl (C=O) groups excluding carboxylic acids is 1. The lowest BCUT2D eigenvalue weighted by Gasteiger charge is -2.34. The highest BCUT2D eigenvalue weighted by Crippen LogP contribution is 2.15. The third kappa shape index (κ3) is 4.15. The van der Waals surface area contributed by atoms with E-state index < -0.39 is 0 Å². The van der Waals surface area contributed by atoms with Crippen LogP contribution in [0, 0.1) is 0 Å². The van der Waals surface area contributed by atoms with Gasteiger partial charge in [0.25, 0.3) is 0 Å². The van der Waals surface area contributed by atoms with E-state index >= 15 is 0 Å². The SMILES string of the molecule is O=C(CCc1cccs1)N1CCN(Cc2cccs2)CC1. The Morgan fingerprint density at radius 2 is 1.67 bits per heavy atom. The van der Waals surface area contributed by atoms with Crippen molar-refractivity contribution in [1.29, 1.82) is 0 Å². The molecule has 3 heterocycles. The average molecular weight is 320 g/mol. The van der Waals surface area contributed by atoms with Crippen molar-refractivity contribution in [3.63, 3.8) is 0 Å². The van der Waals surface area contributed by atoms with E-state index in [4.69, 9.17) is 0 Å². The second-order valence-corrected chi connectivity index (χ2v) is 7.38. The van der Waals surface area contributed by atoms with Crippen LogP contribution in [0.1, 0.15) is 16.2 Å². The van der Waals surface area contributed by atoms with E-state index in [1.54, 1.807) is 11.3 Å². The highest BCUT2D eigenvalue weighted by molar-refractivity contribution is 7.10. The summed E-state index contributed by atoms with van der Waals surface area (Å²) in [7, 11) is 0. The van der Waals surface area contributed by atoms with E-state index in [0.717, 1.165) is 39.1 Å². The minimum absolute atomic E-state index is 0.305. The number of hydrogen-bond acceptors (Lipinski definition) is 4. The number of amides is 1. The molecular formula is C16H20N2OS2. The van der Waals surface area contributed by atoms with Crippen LogP contribution in [0.15, 0.2) is 35.0 Å². The summed E-state index contributed by atoms with van der Waals surface area (Å²) in [6, 6.07) is 8.44. The maximum absolute atomic E-state index is 12.2. The fourth-order valence-electron chi connectivity index (χ4n) is 2.62. The lowest BCUT2D eigenvalue weighted by Crippen LogP contribution is -2.48. The van der Waals surface area contributed by atoms with Gasteiger partial charge in [-0.1, -0.05) is 12.1 Å². The average Bonchev–Trinajstić information content (AvgIpc) is 3.19. The van der Waals surface area contributed by atoms with Gasteiger partial charge in [-0.3, -0.25) is 9.69 Å². The molecule has 1 aliphatic rings. The van der Waals surface area contributed by atoms with Crippen LogP contribution in [0.4, 0.5) is 0 Å². The molecule has 1 saturated heterocycles. The highest BCUT2D eigenvalue weighted by atomic mass is 32.1. The van der Waals surface area contributed by atoms with Gasteiger partial charge in [0, 0.05) is 48.9 Å². The first-order valence-corrected chi connectivity index (χ1v) is 9.12. The summed E-state index contributed by atoms with van der Waals surface area (Å²) in [6.45, 7) is 4.74. The van der Waals surface area contributed by atoms with E-state index in [9.17, 15) is 4.79 Å². The van der Waals surface area contributed by atoms with Crippen molar-refractivity contribution in [2.45, 2.75) is 19.4 Å². The van der Waals surface area contributed by atoms with Crippen molar-refractivity contribution in [3.8, 4) is 0 Å². The number of nitrogens with zero attached hydrogens (tertiary/aromatic N) is 2. The van der Waals surface area contributed by atoms with E-state index in [-0.39, 0.29) is 0 Å². The van der Waals surface area contributed by atoms with Crippen LogP contribution in [-0.4, -0.2) is 41.9 Å². The zero-order valence-corrected chi connectivity index (χ0v) is 13.7. The van der Waals surface area contributed by atoms with E-state index in [1.165, 1.54) is 9.75 Å². The predicted molar refractivity (Wildman–Crippen MR) is 88.8 cm³/mol. The Kier molecular flexibility index (Phi) is 5.06. The van der Waals surface area contributed by atoms with Gasteiger partial charge in [-0.25, -0.2) is 0 Å². The van der Waals surface area contributed by atoms with Gasteiger partial charge in [0.15, 0.2) is 0 Å². The molecule has 2 aromatic rings. The fourth-order valence-corrected chi connectivity index (χ4v) is 4.08. The van der Waals surface area contributed by atoms with Crippen molar-refractivity contribution in [2.75, 3.05) is 26.2 Å². The lowest BCUT2D eigenvalue weighted by molar-refractivity contribution is -0.132. The molecule has 0 atom stereocenters. The lowest BCUT2D eigenvalue weighted by atomic mass is 10.2. The summed E-state index contributed by atoms with van der Waals surface area (Å²) in [4.78, 5) is 19.4. The molecule has 1 fully saturated rings. The largest absolute Gasteiger partial charge is 0.340 e. The third-order valence-electron chi connectivity index (χ3n) is 3.85. The molecule has 5 heteroatoms. The third-order valence-corrected chi connectivity index (χ3v) is 5.65. The van der Waals surface area contributed by atoms with Crippen LogP contribution < -0.4 is 0 Å². The molecule has 0 unspecified atom stereocenters. The van der Waals surface area contributed by atoms with Crippen molar-refractivity contribution >= 4 is 28.6 Å². The predicted octanol–water partition coefficient (Wildman–Crippen LogP) is 3.09. The van der Waals surface area contributed by atoms with Gasteiger partial charge in [-0.05, 0) is 29.3 Å². The standard InChI is InChI=1S/C16H20N2OS2/c19-16(6-5-14-3-1-11-20-14)18-9-7-17(8-10-18)13-15-4-2-12-21-15/h1-4,11-12H,5-10,13H2. The smallest absolute Gasteiger partial charge is 0.223 e. The topological polar surface area (TPSA) is 23.6 Å². The summed E-state index contributed by atoms with van der Waals surface area (Å²) >= 11 is 3.55. The molecule has 2 aromatic heterocycles. The van der Waals surface area contributed by atoms with Crippen molar-refractivity contribution in [1.82, 2.24) is 9.80 Å². The Balaban J connectivity index is 1.41. The highest BCUT2D eigenvalue weighted by Gasteiger charge is 2.21. The maximum Gasteiger partial charge on any atom is 0.223 e. The van der Waals surface area contributed by atoms with Crippen LogP contribution in [0.25, 0.3) is 0 Å². The van der Waals surface area contributed by atoms with Gasteiger partial charge in [0.2, 0.25) is 5.91 Å². The Morgan fingerprint density at radius 1 is 1.00 bits per heavy atom. The molecule has 1 aliphatic heterocycles. The number of aryl methyl sites for hydroxylation is 1. The number of hydrogen-bond donors (Lipinski definition) is 0. The molecule has 3 rings (SSSR count). The van der Waals surface area contributed by atoms with Crippen LogP contribution in [0.5, 0.6) is 0 Å². The molecule has 1 amide bonds. The van der Waals surface area contributed by atoms with Crippen LogP contribution in [-0.2, 0) is 17.8 Å². The second kappa shape index (κ2) is 7.20. The summed E-state index contributed by atoms with van der Waals surface area (Å²) in [6.07, 6.45) is 1.53. The molecule has 0 saturated carbocycles. The first-order valence-electron chi connectivity index (χ1n) is 7.36. The molecule has 112 valence electrons. The van der Waals surface area contributed by atoms with E-state index in [2.05, 4.69) is 33.9 Å². The summed E-state index contributed by atoms with van der Waals surface area (Å²) in [5.41, 5.74) is 0. The fraction of sp³-hybridized carbons (Fsp3) is 0.438. The second-order valence-electron chi connectivity index (χ2n) is 5.32. The molecule has 3 nitrogen and oxygen atoms in total. The molecular weight excluding hydrogens is 300 g/mol. The van der Waals surface area contributed by atoms with Crippen molar-refractivity contribution in [2.24, 2.45) is 0 Å². The maximum atomic E-state index is 12.2. The van der Waals surface area contributed by atoms with Gasteiger partial charge in [0.05, 0.1) is 0 Å². The molecule has 0 bridgehead atoms. The van der Waals surface area contributed by atoms with Gasteiger partial charge in [0.1, 0.15) is 0 Å². The van der Waals surface area contributed by atoms with Crippen LogP contribution in [0.3, 0.4) is 0 Å². The first kappa shape index (κ1) is 14.8. The molecule has 0 aliphatic carbocycles. The normalized spacial score (nSPS) is 16.3. The number of carbonyl (C=O) groups is 1. The number of rotatable bonds is 5. The van der Waals surface area contributed by atoms with Gasteiger partial charge >= 0.3 is 0 Å². The molecule has 21 heavy (non-hydrogen) atoms. The Morgan fingerprint density at radius 3 is 2.29 bits per heavy atom. The molecule has 0 radical (unpaired) electrons. The first-order chi connectivity index (χ1) is 10.3. The van der Waals surface area contributed by atoms with E-state index in [1.807, 2.05) is 22.3 Å².